The number of anilines is 2. The minimum absolute atomic E-state index is 0.161. The standard InChI is InChI=1S/C21H22N4O2S/c1-4-6-16-11-15(9-10-22-16)21-23-13(2)19(28-21)20(27)25-18-8-5-7-17(12-18)24-14(3)26/h5,7-12H,4,6H2,1-3H3,(H,24,26)(H,25,27). The summed E-state index contributed by atoms with van der Waals surface area (Å²) in [6, 6.07) is 11.0. The Balaban J connectivity index is 1.80. The zero-order valence-electron chi connectivity index (χ0n) is 16.1. The van der Waals surface area contributed by atoms with Crippen LogP contribution in [0.25, 0.3) is 10.6 Å². The third kappa shape index (κ3) is 4.80. The maximum Gasteiger partial charge on any atom is 0.267 e. The van der Waals surface area contributed by atoms with E-state index in [-0.39, 0.29) is 11.8 Å². The Morgan fingerprint density at radius 3 is 2.57 bits per heavy atom. The van der Waals surface area contributed by atoms with Gasteiger partial charge in [-0.05, 0) is 43.7 Å². The molecule has 0 bridgehead atoms. The molecule has 7 heteroatoms. The molecule has 0 unspecified atom stereocenters. The van der Waals surface area contributed by atoms with Crippen molar-refractivity contribution in [3.8, 4) is 10.6 Å². The molecule has 3 rings (SSSR count). The second-order valence-electron chi connectivity index (χ2n) is 6.44. The summed E-state index contributed by atoms with van der Waals surface area (Å²) in [6.07, 6.45) is 3.72. The Morgan fingerprint density at radius 2 is 1.86 bits per heavy atom. The topological polar surface area (TPSA) is 84.0 Å². The molecule has 2 N–H and O–H groups in total. The molecule has 0 aliphatic rings. The van der Waals surface area contributed by atoms with E-state index in [1.54, 1.807) is 30.5 Å². The van der Waals surface area contributed by atoms with Crippen molar-refractivity contribution < 1.29 is 9.59 Å². The molecule has 28 heavy (non-hydrogen) atoms. The minimum Gasteiger partial charge on any atom is -0.326 e. The highest BCUT2D eigenvalue weighted by Crippen LogP contribution is 2.29. The number of pyridine rings is 1. The van der Waals surface area contributed by atoms with Gasteiger partial charge in [-0.1, -0.05) is 19.4 Å². The minimum atomic E-state index is -0.218. The van der Waals surface area contributed by atoms with Crippen LogP contribution in [0.4, 0.5) is 11.4 Å². The number of hydrogen-bond donors (Lipinski definition) is 2. The number of aryl methyl sites for hydroxylation is 2. The van der Waals surface area contributed by atoms with Crippen molar-refractivity contribution in [3.63, 3.8) is 0 Å². The fourth-order valence-corrected chi connectivity index (χ4v) is 3.76. The molecule has 1 aromatic carbocycles. The molecule has 0 spiro atoms. The van der Waals surface area contributed by atoms with Crippen molar-refractivity contribution in [2.24, 2.45) is 0 Å². The average molecular weight is 395 g/mol. The number of hydrogen-bond acceptors (Lipinski definition) is 5. The molecule has 2 aromatic heterocycles. The van der Waals surface area contributed by atoms with E-state index in [0.29, 0.717) is 21.9 Å². The summed E-state index contributed by atoms with van der Waals surface area (Å²) < 4.78 is 0. The van der Waals surface area contributed by atoms with Crippen LogP contribution in [0.2, 0.25) is 0 Å². The molecule has 0 aliphatic heterocycles. The van der Waals surface area contributed by atoms with E-state index in [0.717, 1.165) is 29.1 Å². The highest BCUT2D eigenvalue weighted by molar-refractivity contribution is 7.17. The molecular formula is C21H22N4O2S. The van der Waals surface area contributed by atoms with Crippen molar-refractivity contribution in [3.05, 3.63) is 58.9 Å². The van der Waals surface area contributed by atoms with Crippen LogP contribution in [0.1, 0.15) is 41.3 Å². The Labute approximate surface area is 168 Å². The van der Waals surface area contributed by atoms with E-state index >= 15 is 0 Å². The van der Waals surface area contributed by atoms with Crippen LogP contribution in [0.3, 0.4) is 0 Å². The van der Waals surface area contributed by atoms with Gasteiger partial charge in [0, 0.05) is 35.8 Å². The Morgan fingerprint density at radius 1 is 1.11 bits per heavy atom. The maximum atomic E-state index is 12.7. The number of nitrogens with zero attached hydrogens (tertiary/aromatic N) is 2. The molecule has 3 aromatic rings. The van der Waals surface area contributed by atoms with Gasteiger partial charge in [0.05, 0.1) is 5.69 Å². The van der Waals surface area contributed by atoms with Crippen LogP contribution < -0.4 is 10.6 Å². The average Bonchev–Trinajstić information content (AvgIpc) is 3.04. The molecule has 0 fully saturated rings. The normalized spacial score (nSPS) is 10.5. The Bertz CT molecular complexity index is 1010. The summed E-state index contributed by atoms with van der Waals surface area (Å²) in [5.41, 5.74) is 3.92. The van der Waals surface area contributed by atoms with Crippen molar-refractivity contribution in [1.82, 2.24) is 9.97 Å². The third-order valence-corrected chi connectivity index (χ3v) is 5.22. The fraction of sp³-hybridized carbons (Fsp3) is 0.238. The predicted octanol–water partition coefficient (Wildman–Crippen LogP) is 4.68. The predicted molar refractivity (Wildman–Crippen MR) is 113 cm³/mol. The Hall–Kier alpha value is -3.06. The monoisotopic (exact) mass is 394 g/mol. The van der Waals surface area contributed by atoms with Crippen LogP contribution >= 0.6 is 11.3 Å². The zero-order chi connectivity index (χ0) is 20.1. The number of amides is 2. The van der Waals surface area contributed by atoms with Crippen LogP contribution in [-0.4, -0.2) is 21.8 Å². The molecule has 0 saturated heterocycles. The summed E-state index contributed by atoms with van der Waals surface area (Å²) in [7, 11) is 0. The lowest BCUT2D eigenvalue weighted by Gasteiger charge is -2.07. The molecule has 6 nitrogen and oxygen atoms in total. The number of aromatic nitrogens is 2. The largest absolute Gasteiger partial charge is 0.326 e. The Kier molecular flexibility index (Phi) is 6.16. The van der Waals surface area contributed by atoms with E-state index in [9.17, 15) is 9.59 Å². The molecular weight excluding hydrogens is 372 g/mol. The highest BCUT2D eigenvalue weighted by Gasteiger charge is 2.17. The summed E-state index contributed by atoms with van der Waals surface area (Å²) in [5.74, 6) is -0.379. The van der Waals surface area contributed by atoms with Crippen molar-refractivity contribution in [1.29, 1.82) is 0 Å². The number of carbonyl (C=O) groups excluding carboxylic acids is 2. The van der Waals surface area contributed by atoms with Gasteiger partial charge in [0.2, 0.25) is 5.91 Å². The lowest BCUT2D eigenvalue weighted by atomic mass is 10.2. The summed E-state index contributed by atoms with van der Waals surface area (Å²) >= 11 is 1.36. The first-order chi connectivity index (χ1) is 13.5. The van der Waals surface area contributed by atoms with Crippen molar-refractivity contribution in [2.75, 3.05) is 10.6 Å². The van der Waals surface area contributed by atoms with Gasteiger partial charge < -0.3 is 10.6 Å². The smallest absolute Gasteiger partial charge is 0.267 e. The third-order valence-electron chi connectivity index (χ3n) is 4.01. The SMILES string of the molecule is CCCc1cc(-c2nc(C)c(C(=O)Nc3cccc(NC(C)=O)c3)s2)ccn1. The molecule has 0 aliphatic carbocycles. The summed E-state index contributed by atoms with van der Waals surface area (Å²) in [6.45, 7) is 5.39. The summed E-state index contributed by atoms with van der Waals surface area (Å²) in [5, 5.41) is 6.38. The number of thiazole rings is 1. The van der Waals surface area contributed by atoms with Crippen LogP contribution in [0.5, 0.6) is 0 Å². The number of nitrogens with one attached hydrogen (secondary N) is 2. The van der Waals surface area contributed by atoms with Gasteiger partial charge in [-0.3, -0.25) is 14.6 Å². The number of rotatable bonds is 6. The van der Waals surface area contributed by atoms with E-state index in [1.807, 2.05) is 19.1 Å². The first-order valence-electron chi connectivity index (χ1n) is 9.08. The van der Waals surface area contributed by atoms with Gasteiger partial charge in [-0.25, -0.2) is 4.98 Å². The lowest BCUT2D eigenvalue weighted by Crippen LogP contribution is -2.12. The fourth-order valence-electron chi connectivity index (χ4n) is 2.80. The van der Waals surface area contributed by atoms with Crippen molar-refractivity contribution in [2.45, 2.75) is 33.6 Å². The molecule has 2 heterocycles. The van der Waals surface area contributed by atoms with Gasteiger partial charge >= 0.3 is 0 Å². The quantitative estimate of drug-likeness (QED) is 0.636. The number of benzene rings is 1. The lowest BCUT2D eigenvalue weighted by molar-refractivity contribution is -0.114. The van der Waals surface area contributed by atoms with Gasteiger partial charge in [0.25, 0.3) is 5.91 Å². The van der Waals surface area contributed by atoms with E-state index in [2.05, 4.69) is 27.5 Å². The van der Waals surface area contributed by atoms with Crippen LogP contribution in [0.15, 0.2) is 42.6 Å². The first-order valence-corrected chi connectivity index (χ1v) is 9.89. The molecule has 2 amide bonds. The van der Waals surface area contributed by atoms with E-state index in [4.69, 9.17) is 0 Å². The van der Waals surface area contributed by atoms with Crippen LogP contribution in [-0.2, 0) is 11.2 Å². The molecule has 0 saturated carbocycles. The summed E-state index contributed by atoms with van der Waals surface area (Å²) in [4.78, 5) is 33.5. The van der Waals surface area contributed by atoms with Gasteiger partial charge in [-0.2, -0.15) is 0 Å². The van der Waals surface area contributed by atoms with Gasteiger partial charge in [-0.15, -0.1) is 11.3 Å². The zero-order valence-corrected chi connectivity index (χ0v) is 16.9. The first kappa shape index (κ1) is 19.7. The number of carbonyl (C=O) groups is 2. The van der Waals surface area contributed by atoms with E-state index < -0.39 is 0 Å². The van der Waals surface area contributed by atoms with E-state index in [1.165, 1.54) is 18.3 Å². The highest BCUT2D eigenvalue weighted by atomic mass is 32.1. The molecule has 0 atom stereocenters. The van der Waals surface area contributed by atoms with Crippen molar-refractivity contribution >= 4 is 34.5 Å². The molecule has 0 radical (unpaired) electrons. The van der Waals surface area contributed by atoms with Gasteiger partial charge in [0.15, 0.2) is 0 Å². The molecule has 144 valence electrons. The van der Waals surface area contributed by atoms with Crippen LogP contribution in [0, 0.1) is 6.92 Å². The van der Waals surface area contributed by atoms with Gasteiger partial charge in [0.1, 0.15) is 9.88 Å². The maximum absolute atomic E-state index is 12.7. The second kappa shape index (κ2) is 8.75. The second-order valence-corrected chi connectivity index (χ2v) is 7.43.